The Kier molecular flexibility index (Phi) is 15.3. The van der Waals surface area contributed by atoms with Crippen LogP contribution >= 0.6 is 37.2 Å². The van der Waals surface area contributed by atoms with E-state index in [9.17, 15) is 19.5 Å². The summed E-state index contributed by atoms with van der Waals surface area (Å²) in [6.45, 7) is 5.92. The molecule has 3 rings (SSSR count). The predicted octanol–water partition coefficient (Wildman–Crippen LogP) is 2.82. The van der Waals surface area contributed by atoms with Gasteiger partial charge in [-0.25, -0.2) is 9.78 Å². The van der Waals surface area contributed by atoms with Gasteiger partial charge in [-0.15, -0.1) is 37.2 Å². The van der Waals surface area contributed by atoms with Crippen LogP contribution in [0.25, 0.3) is 10.9 Å². The van der Waals surface area contributed by atoms with Gasteiger partial charge >= 0.3 is 5.97 Å². The molecule has 13 heteroatoms. The highest BCUT2D eigenvalue weighted by atomic mass is 35.5. The van der Waals surface area contributed by atoms with E-state index < -0.39 is 5.97 Å². The molecule has 0 saturated carbocycles. The van der Waals surface area contributed by atoms with Crippen LogP contribution in [0.4, 0.5) is 11.5 Å². The first kappa shape index (κ1) is 33.6. The Morgan fingerprint density at radius 2 is 1.75 bits per heavy atom. The summed E-state index contributed by atoms with van der Waals surface area (Å²) in [6.07, 6.45) is 1.12. The van der Waals surface area contributed by atoms with Crippen LogP contribution in [0.3, 0.4) is 0 Å². The van der Waals surface area contributed by atoms with Gasteiger partial charge < -0.3 is 25.4 Å². The lowest BCUT2D eigenvalue weighted by Gasteiger charge is -2.35. The van der Waals surface area contributed by atoms with E-state index in [-0.39, 0.29) is 54.6 Å². The van der Waals surface area contributed by atoms with Crippen molar-refractivity contribution in [3.63, 3.8) is 0 Å². The van der Waals surface area contributed by atoms with Gasteiger partial charge in [-0.05, 0) is 30.7 Å². The molecule has 10 nitrogen and oxygen atoms in total. The molecule has 1 aliphatic heterocycles. The minimum absolute atomic E-state index is 0. The fourth-order valence-electron chi connectivity index (χ4n) is 3.72. The van der Waals surface area contributed by atoms with E-state index in [1.165, 1.54) is 0 Å². The van der Waals surface area contributed by atoms with Crippen molar-refractivity contribution in [2.75, 3.05) is 63.2 Å². The average Bonchev–Trinajstić information content (AvgIpc) is 2.81. The van der Waals surface area contributed by atoms with Crippen LogP contribution in [0.1, 0.15) is 30.1 Å². The third kappa shape index (κ3) is 9.25. The number of amides is 2. The predicted molar refractivity (Wildman–Crippen MR) is 148 cm³/mol. The van der Waals surface area contributed by atoms with Crippen LogP contribution in [0.2, 0.25) is 0 Å². The zero-order valence-electron chi connectivity index (χ0n) is 20.3. The Balaban J connectivity index is 0.00000408. The van der Waals surface area contributed by atoms with E-state index in [0.717, 1.165) is 6.42 Å². The zero-order chi connectivity index (χ0) is 23.8. The largest absolute Gasteiger partial charge is 0.478 e. The number of anilines is 2. The first-order valence-corrected chi connectivity index (χ1v) is 11.1. The number of nitrogens with zero attached hydrogens (tertiary/aromatic N) is 3. The molecule has 36 heavy (non-hydrogen) atoms. The molecular formula is C23H34Cl3N5O5. The smallest absolute Gasteiger partial charge is 0.336 e. The van der Waals surface area contributed by atoms with Gasteiger partial charge in [0.2, 0.25) is 11.8 Å². The first-order valence-electron chi connectivity index (χ1n) is 11.1. The number of hydrogen-bond donors (Lipinski definition) is 3. The molecule has 2 aromatic rings. The molecule has 1 aromatic carbocycles. The monoisotopic (exact) mass is 565 g/mol. The third-order valence-corrected chi connectivity index (χ3v) is 5.54. The fraction of sp³-hybridized carbons (Fsp3) is 0.478. The molecule has 202 valence electrons. The van der Waals surface area contributed by atoms with Gasteiger partial charge in [0.05, 0.1) is 17.6 Å². The summed E-state index contributed by atoms with van der Waals surface area (Å²) in [5.74, 6) is -0.611. The normalized spacial score (nSPS) is 13.1. The van der Waals surface area contributed by atoms with Crippen molar-refractivity contribution in [3.8, 4) is 0 Å². The maximum Gasteiger partial charge on any atom is 0.336 e. The summed E-state index contributed by atoms with van der Waals surface area (Å²) >= 11 is 0. The number of fused-ring (bicyclic) bond motifs is 1. The van der Waals surface area contributed by atoms with Crippen molar-refractivity contribution >= 4 is 77.4 Å². The number of rotatable bonds is 10. The molecule has 0 radical (unpaired) electrons. The fourth-order valence-corrected chi connectivity index (χ4v) is 3.72. The van der Waals surface area contributed by atoms with Crippen LogP contribution < -0.4 is 15.5 Å². The van der Waals surface area contributed by atoms with Gasteiger partial charge in [0, 0.05) is 63.9 Å². The number of carbonyl (C=O) groups excluding carboxylic acids is 2. The van der Waals surface area contributed by atoms with Crippen molar-refractivity contribution in [3.05, 3.63) is 29.8 Å². The van der Waals surface area contributed by atoms with Gasteiger partial charge in [0.15, 0.2) is 0 Å². The standard InChI is InChI=1S/C23H31N5O5.3ClH/c1-3-21(29)25-16-5-6-19-17(13-16)18(23(31)32)14-20(26-19)28-10-8-27(9-11-28)15-22(30)24-7-4-12-33-2;;;/h5-6,13-14H,3-4,7-12,15H2,1-2H3,(H,24,30)(H,25,29)(H,31,32);3*1H. The van der Waals surface area contributed by atoms with Crippen LogP contribution in [-0.2, 0) is 14.3 Å². The summed E-state index contributed by atoms with van der Waals surface area (Å²) in [7, 11) is 1.63. The first-order chi connectivity index (χ1) is 15.9. The molecule has 1 aliphatic rings. The summed E-state index contributed by atoms with van der Waals surface area (Å²) < 4.78 is 4.98. The second-order valence-corrected chi connectivity index (χ2v) is 7.93. The highest BCUT2D eigenvalue weighted by Crippen LogP contribution is 2.26. The summed E-state index contributed by atoms with van der Waals surface area (Å²) in [6, 6.07) is 6.67. The zero-order valence-corrected chi connectivity index (χ0v) is 22.8. The lowest BCUT2D eigenvalue weighted by molar-refractivity contribution is -0.122. The average molecular weight is 567 g/mol. The molecule has 2 heterocycles. The number of pyridine rings is 1. The number of halogens is 3. The topological polar surface area (TPSA) is 124 Å². The van der Waals surface area contributed by atoms with Crippen molar-refractivity contribution in [2.45, 2.75) is 19.8 Å². The van der Waals surface area contributed by atoms with Gasteiger partial charge in [0.1, 0.15) is 5.82 Å². The van der Waals surface area contributed by atoms with Gasteiger partial charge in [0.25, 0.3) is 0 Å². The minimum Gasteiger partial charge on any atom is -0.478 e. The van der Waals surface area contributed by atoms with E-state index in [4.69, 9.17) is 4.74 Å². The molecule has 2 amide bonds. The van der Waals surface area contributed by atoms with Crippen LogP contribution in [0.5, 0.6) is 0 Å². The Hall–Kier alpha value is -2.37. The van der Waals surface area contributed by atoms with E-state index in [0.29, 0.717) is 74.7 Å². The van der Waals surface area contributed by atoms with Gasteiger partial charge in [-0.3, -0.25) is 14.5 Å². The lowest BCUT2D eigenvalue weighted by atomic mass is 10.1. The number of carboxylic acid groups (broad SMARTS) is 1. The molecule has 0 spiro atoms. The number of aromatic carboxylic acids is 1. The number of carboxylic acids is 1. The molecule has 0 bridgehead atoms. The van der Waals surface area contributed by atoms with E-state index in [2.05, 4.69) is 20.5 Å². The van der Waals surface area contributed by atoms with Gasteiger partial charge in [-0.1, -0.05) is 6.92 Å². The number of nitrogens with one attached hydrogen (secondary N) is 2. The van der Waals surface area contributed by atoms with Gasteiger partial charge in [-0.2, -0.15) is 0 Å². The Bertz CT molecular complexity index is 1020. The SMILES string of the molecule is CCC(=O)Nc1ccc2nc(N3CCN(CC(=O)NCCCOC)CC3)cc(C(=O)O)c2c1.Cl.Cl.Cl. The number of ether oxygens (including phenoxy) is 1. The van der Waals surface area contributed by atoms with E-state index in [1.54, 1.807) is 38.3 Å². The van der Waals surface area contributed by atoms with Crippen molar-refractivity contribution in [1.29, 1.82) is 0 Å². The molecule has 0 unspecified atom stereocenters. The summed E-state index contributed by atoms with van der Waals surface area (Å²) in [5, 5.41) is 15.9. The van der Waals surface area contributed by atoms with Crippen LogP contribution in [0.15, 0.2) is 24.3 Å². The molecule has 0 atom stereocenters. The van der Waals surface area contributed by atoms with Crippen LogP contribution in [-0.4, -0.2) is 85.8 Å². The number of carbonyl (C=O) groups is 3. The number of piperazine rings is 1. The summed E-state index contributed by atoms with van der Waals surface area (Å²) in [4.78, 5) is 44.5. The van der Waals surface area contributed by atoms with Crippen molar-refractivity contribution < 1.29 is 24.2 Å². The maximum absolute atomic E-state index is 12.1. The maximum atomic E-state index is 12.1. The number of methoxy groups -OCH3 is 1. The number of hydrogen-bond acceptors (Lipinski definition) is 7. The summed E-state index contributed by atoms with van der Waals surface area (Å²) in [5.41, 5.74) is 1.23. The van der Waals surface area contributed by atoms with Crippen molar-refractivity contribution in [1.82, 2.24) is 15.2 Å². The molecule has 1 fully saturated rings. The highest BCUT2D eigenvalue weighted by Gasteiger charge is 2.22. The quantitative estimate of drug-likeness (QED) is 0.375. The van der Waals surface area contributed by atoms with E-state index >= 15 is 0 Å². The molecule has 1 aromatic heterocycles. The molecule has 0 aliphatic carbocycles. The molecule has 3 N–H and O–H groups in total. The van der Waals surface area contributed by atoms with E-state index in [1.807, 2.05) is 4.90 Å². The second-order valence-electron chi connectivity index (χ2n) is 7.93. The second kappa shape index (κ2) is 16.4. The number of aromatic nitrogens is 1. The molecule has 1 saturated heterocycles. The van der Waals surface area contributed by atoms with Crippen LogP contribution in [0, 0.1) is 0 Å². The third-order valence-electron chi connectivity index (χ3n) is 5.54. The lowest BCUT2D eigenvalue weighted by Crippen LogP contribution is -2.49. The Morgan fingerprint density at radius 3 is 2.36 bits per heavy atom. The Labute approximate surface area is 229 Å². The van der Waals surface area contributed by atoms with Crippen molar-refractivity contribution in [2.24, 2.45) is 0 Å². The minimum atomic E-state index is -1.05. The Morgan fingerprint density at radius 1 is 1.06 bits per heavy atom. The number of benzene rings is 1. The highest BCUT2D eigenvalue weighted by molar-refractivity contribution is 6.05. The molecular weight excluding hydrogens is 533 g/mol.